The Kier molecular flexibility index (Phi) is 7.63. The number of halogens is 1. The summed E-state index contributed by atoms with van der Waals surface area (Å²) in [6.07, 6.45) is 0. The van der Waals surface area contributed by atoms with Crippen molar-refractivity contribution in [1.82, 2.24) is 15.0 Å². The smallest absolute Gasteiger partial charge is 0.233 e. The van der Waals surface area contributed by atoms with Gasteiger partial charge in [0.25, 0.3) is 0 Å². The molecule has 0 saturated heterocycles. The molecule has 0 spiro atoms. The van der Waals surface area contributed by atoms with Gasteiger partial charge in [-0.25, -0.2) is 0 Å². The van der Waals surface area contributed by atoms with Gasteiger partial charge in [-0.15, -0.1) is 12.4 Å². The van der Waals surface area contributed by atoms with E-state index >= 15 is 0 Å². The van der Waals surface area contributed by atoms with Crippen LogP contribution in [0.3, 0.4) is 0 Å². The third kappa shape index (κ3) is 6.00. The Morgan fingerprint density at radius 3 is 1.78 bits per heavy atom. The number of benzene rings is 2. The summed E-state index contributed by atoms with van der Waals surface area (Å²) in [5, 5.41) is 9.41. The molecule has 7 nitrogen and oxygen atoms in total. The number of rotatable bonds is 8. The Balaban J connectivity index is 0.00000261. The molecule has 0 bridgehead atoms. The maximum Gasteiger partial charge on any atom is 0.233 e. The summed E-state index contributed by atoms with van der Waals surface area (Å²) in [6, 6.07) is 17.3. The Hall–Kier alpha value is -3.06. The van der Waals surface area contributed by atoms with Gasteiger partial charge < -0.3 is 20.7 Å². The van der Waals surface area contributed by atoms with Gasteiger partial charge in [-0.05, 0) is 50.2 Å². The van der Waals surface area contributed by atoms with E-state index in [9.17, 15) is 0 Å². The first kappa shape index (κ1) is 20.3. The van der Waals surface area contributed by atoms with E-state index in [1.165, 1.54) is 0 Å². The highest BCUT2D eigenvalue weighted by atomic mass is 35.5. The van der Waals surface area contributed by atoms with Crippen LogP contribution in [-0.4, -0.2) is 28.0 Å². The highest BCUT2D eigenvalue weighted by molar-refractivity contribution is 5.85. The number of ether oxygens (including phenoxy) is 1. The van der Waals surface area contributed by atoms with Crippen LogP contribution in [0.25, 0.3) is 0 Å². The van der Waals surface area contributed by atoms with Crippen LogP contribution in [0.4, 0.5) is 23.5 Å². The molecule has 3 N–H and O–H groups in total. The van der Waals surface area contributed by atoms with Gasteiger partial charge >= 0.3 is 0 Å². The van der Waals surface area contributed by atoms with Gasteiger partial charge in [0, 0.05) is 18.8 Å². The van der Waals surface area contributed by atoms with Crippen LogP contribution in [0.15, 0.2) is 54.6 Å². The minimum atomic E-state index is 0. The molecular weight excluding hydrogens is 364 g/mol. The average molecular weight is 387 g/mol. The first-order valence-electron chi connectivity index (χ1n) is 8.60. The molecule has 0 aliphatic heterocycles. The SMILES string of the molecule is CCNc1nc(NCC)nc(Nc2ccc(Oc3ccccc3)cc2)n1.Cl. The fourth-order valence-electron chi connectivity index (χ4n) is 2.27. The largest absolute Gasteiger partial charge is 0.457 e. The number of anilines is 4. The molecule has 27 heavy (non-hydrogen) atoms. The van der Waals surface area contributed by atoms with Crippen LogP contribution in [-0.2, 0) is 0 Å². The monoisotopic (exact) mass is 386 g/mol. The number of para-hydroxylation sites is 1. The number of aromatic nitrogens is 3. The molecule has 142 valence electrons. The Bertz CT molecular complexity index is 805. The zero-order chi connectivity index (χ0) is 18.2. The van der Waals surface area contributed by atoms with Crippen molar-refractivity contribution in [1.29, 1.82) is 0 Å². The molecule has 1 aromatic heterocycles. The van der Waals surface area contributed by atoms with Crippen LogP contribution < -0.4 is 20.7 Å². The third-order valence-corrected chi connectivity index (χ3v) is 3.39. The second kappa shape index (κ2) is 10.2. The van der Waals surface area contributed by atoms with Crippen LogP contribution in [0.2, 0.25) is 0 Å². The Labute approximate surface area is 165 Å². The predicted octanol–water partition coefficient (Wildman–Crippen LogP) is 4.69. The Morgan fingerprint density at radius 1 is 0.704 bits per heavy atom. The van der Waals surface area contributed by atoms with Gasteiger partial charge in [0.1, 0.15) is 11.5 Å². The van der Waals surface area contributed by atoms with Gasteiger partial charge in [-0.3, -0.25) is 0 Å². The maximum absolute atomic E-state index is 5.80. The van der Waals surface area contributed by atoms with Crippen LogP contribution in [0.5, 0.6) is 11.5 Å². The van der Waals surface area contributed by atoms with E-state index in [4.69, 9.17) is 4.74 Å². The van der Waals surface area contributed by atoms with Crippen molar-refractivity contribution in [2.45, 2.75) is 13.8 Å². The summed E-state index contributed by atoms with van der Waals surface area (Å²) in [4.78, 5) is 13.1. The second-order valence-corrected chi connectivity index (χ2v) is 5.43. The van der Waals surface area contributed by atoms with Crippen molar-refractivity contribution >= 4 is 35.9 Å². The molecule has 3 aromatic rings. The molecule has 0 aliphatic rings. The first-order valence-corrected chi connectivity index (χ1v) is 8.60. The first-order chi connectivity index (χ1) is 12.8. The Morgan fingerprint density at radius 2 is 1.22 bits per heavy atom. The second-order valence-electron chi connectivity index (χ2n) is 5.43. The molecule has 2 aromatic carbocycles. The van der Waals surface area contributed by atoms with Gasteiger partial charge in [-0.2, -0.15) is 15.0 Å². The summed E-state index contributed by atoms with van der Waals surface area (Å²) in [5.74, 6) is 3.11. The molecule has 3 rings (SSSR count). The number of nitrogens with one attached hydrogen (secondary N) is 3. The highest BCUT2D eigenvalue weighted by Gasteiger charge is 2.06. The minimum absolute atomic E-state index is 0. The predicted molar refractivity (Wildman–Crippen MR) is 112 cm³/mol. The van der Waals surface area contributed by atoms with Crippen molar-refractivity contribution in [3.8, 4) is 11.5 Å². The van der Waals surface area contributed by atoms with Crippen molar-refractivity contribution in [2.75, 3.05) is 29.0 Å². The number of nitrogens with zero attached hydrogens (tertiary/aromatic N) is 3. The van der Waals surface area contributed by atoms with E-state index in [2.05, 4.69) is 30.9 Å². The van der Waals surface area contributed by atoms with Crippen molar-refractivity contribution in [3.05, 3.63) is 54.6 Å². The quantitative estimate of drug-likeness (QED) is 0.517. The van der Waals surface area contributed by atoms with E-state index in [0.717, 1.165) is 30.3 Å². The lowest BCUT2D eigenvalue weighted by molar-refractivity contribution is 0.483. The zero-order valence-electron chi connectivity index (χ0n) is 15.3. The number of hydrogen-bond donors (Lipinski definition) is 3. The standard InChI is InChI=1S/C19H22N6O.ClH/c1-3-20-17-23-18(21-4-2)25-19(24-17)22-14-10-12-16(13-11-14)26-15-8-6-5-7-9-15;/h5-13H,3-4H2,1-2H3,(H3,20,21,22,23,24,25);1H. The molecular formula is C19H23ClN6O. The van der Waals surface area contributed by atoms with Crippen LogP contribution in [0, 0.1) is 0 Å². The minimum Gasteiger partial charge on any atom is -0.457 e. The van der Waals surface area contributed by atoms with Crippen LogP contribution in [0.1, 0.15) is 13.8 Å². The molecule has 1 heterocycles. The normalized spacial score (nSPS) is 9.85. The maximum atomic E-state index is 5.80. The van der Waals surface area contributed by atoms with E-state index in [1.54, 1.807) is 0 Å². The van der Waals surface area contributed by atoms with E-state index < -0.39 is 0 Å². The van der Waals surface area contributed by atoms with Crippen LogP contribution >= 0.6 is 12.4 Å². The summed E-state index contributed by atoms with van der Waals surface area (Å²) in [5.41, 5.74) is 0.863. The molecule has 0 unspecified atom stereocenters. The van der Waals surface area contributed by atoms with E-state index in [0.29, 0.717) is 17.8 Å². The topological polar surface area (TPSA) is 84.0 Å². The molecule has 0 saturated carbocycles. The lowest BCUT2D eigenvalue weighted by Crippen LogP contribution is -2.10. The average Bonchev–Trinajstić information content (AvgIpc) is 2.65. The molecule has 0 fully saturated rings. The molecule has 0 atom stereocenters. The van der Waals surface area contributed by atoms with Gasteiger partial charge in [0.2, 0.25) is 17.8 Å². The summed E-state index contributed by atoms with van der Waals surface area (Å²) in [6.45, 7) is 5.46. The summed E-state index contributed by atoms with van der Waals surface area (Å²) in [7, 11) is 0. The molecule has 8 heteroatoms. The number of hydrogen-bond acceptors (Lipinski definition) is 7. The lowest BCUT2D eigenvalue weighted by atomic mass is 10.3. The highest BCUT2D eigenvalue weighted by Crippen LogP contribution is 2.24. The van der Waals surface area contributed by atoms with Crippen molar-refractivity contribution < 1.29 is 4.74 Å². The fourth-order valence-corrected chi connectivity index (χ4v) is 2.27. The fraction of sp³-hybridized carbons (Fsp3) is 0.211. The van der Waals surface area contributed by atoms with Gasteiger partial charge in [0.05, 0.1) is 0 Å². The van der Waals surface area contributed by atoms with Gasteiger partial charge in [0.15, 0.2) is 0 Å². The van der Waals surface area contributed by atoms with E-state index in [1.807, 2.05) is 68.4 Å². The molecule has 0 aliphatic carbocycles. The van der Waals surface area contributed by atoms with Crippen molar-refractivity contribution in [3.63, 3.8) is 0 Å². The summed E-state index contributed by atoms with van der Waals surface area (Å²) >= 11 is 0. The van der Waals surface area contributed by atoms with E-state index in [-0.39, 0.29) is 12.4 Å². The lowest BCUT2D eigenvalue weighted by Gasteiger charge is -2.10. The molecule has 0 amide bonds. The zero-order valence-corrected chi connectivity index (χ0v) is 16.1. The van der Waals surface area contributed by atoms with Gasteiger partial charge in [-0.1, -0.05) is 18.2 Å². The molecule has 0 radical (unpaired) electrons. The summed E-state index contributed by atoms with van der Waals surface area (Å²) < 4.78 is 5.80. The third-order valence-electron chi connectivity index (χ3n) is 3.39. The van der Waals surface area contributed by atoms with Crippen molar-refractivity contribution in [2.24, 2.45) is 0 Å².